The molecule has 2 amide bonds. The number of carbonyl (C=O) groups is 2. The van der Waals surface area contributed by atoms with Crippen LogP contribution in [0.1, 0.15) is 31.8 Å². The van der Waals surface area contributed by atoms with Gasteiger partial charge >= 0.3 is 0 Å². The standard InChI is InChI=1S/C23H19N3O2/c1-26(16-18-6-3-2-4-7-18)23(28)20-9-5-8-19(14-20)22(27)25-21-12-10-17(15-24)11-13-21/h2-14H,16H2,1H3,(H,25,27). The molecule has 0 aromatic heterocycles. The molecule has 0 aliphatic heterocycles. The molecule has 0 fully saturated rings. The van der Waals surface area contributed by atoms with Crippen molar-refractivity contribution in [1.82, 2.24) is 4.90 Å². The lowest BCUT2D eigenvalue weighted by Gasteiger charge is -2.17. The number of nitrogens with zero attached hydrogens (tertiary/aromatic N) is 2. The highest BCUT2D eigenvalue weighted by Crippen LogP contribution is 2.14. The maximum Gasteiger partial charge on any atom is 0.255 e. The largest absolute Gasteiger partial charge is 0.337 e. The zero-order chi connectivity index (χ0) is 19.9. The van der Waals surface area contributed by atoms with E-state index in [4.69, 9.17) is 5.26 Å². The van der Waals surface area contributed by atoms with E-state index in [1.165, 1.54) is 0 Å². The number of benzene rings is 3. The molecule has 5 heteroatoms. The quantitative estimate of drug-likeness (QED) is 0.736. The Hall–Kier alpha value is -3.91. The highest BCUT2D eigenvalue weighted by molar-refractivity contribution is 6.06. The third-order valence-corrected chi connectivity index (χ3v) is 4.25. The number of amides is 2. The molecule has 3 aromatic carbocycles. The van der Waals surface area contributed by atoms with Gasteiger partial charge in [-0.25, -0.2) is 0 Å². The van der Waals surface area contributed by atoms with Crippen LogP contribution >= 0.6 is 0 Å². The molecule has 0 radical (unpaired) electrons. The fourth-order valence-electron chi connectivity index (χ4n) is 2.77. The smallest absolute Gasteiger partial charge is 0.255 e. The zero-order valence-electron chi connectivity index (χ0n) is 15.4. The van der Waals surface area contributed by atoms with Gasteiger partial charge in [0.25, 0.3) is 11.8 Å². The monoisotopic (exact) mass is 369 g/mol. The Morgan fingerprint density at radius 3 is 2.29 bits per heavy atom. The molecule has 0 saturated carbocycles. The lowest BCUT2D eigenvalue weighted by atomic mass is 10.1. The molecule has 28 heavy (non-hydrogen) atoms. The molecule has 5 nitrogen and oxygen atoms in total. The van der Waals surface area contributed by atoms with Crippen LogP contribution in [0.15, 0.2) is 78.9 Å². The van der Waals surface area contributed by atoms with Gasteiger partial charge in [-0.1, -0.05) is 36.4 Å². The minimum atomic E-state index is -0.315. The molecule has 1 N–H and O–H groups in total. The summed E-state index contributed by atoms with van der Waals surface area (Å²) in [5.74, 6) is -0.470. The topological polar surface area (TPSA) is 73.2 Å². The first-order chi connectivity index (χ1) is 13.6. The molecule has 0 bridgehead atoms. The van der Waals surface area contributed by atoms with Crippen molar-refractivity contribution in [2.75, 3.05) is 12.4 Å². The Morgan fingerprint density at radius 2 is 1.61 bits per heavy atom. The highest BCUT2D eigenvalue weighted by atomic mass is 16.2. The van der Waals surface area contributed by atoms with Crippen molar-refractivity contribution < 1.29 is 9.59 Å². The molecule has 0 atom stereocenters. The predicted octanol–water partition coefficient (Wildman–Crippen LogP) is 4.08. The van der Waals surface area contributed by atoms with Crippen LogP contribution in [0.25, 0.3) is 0 Å². The van der Waals surface area contributed by atoms with Gasteiger partial charge < -0.3 is 10.2 Å². The van der Waals surface area contributed by atoms with Gasteiger partial charge in [0.05, 0.1) is 11.6 Å². The average Bonchev–Trinajstić information content (AvgIpc) is 2.74. The van der Waals surface area contributed by atoms with E-state index >= 15 is 0 Å². The fraction of sp³-hybridized carbons (Fsp3) is 0.0870. The Balaban J connectivity index is 1.70. The normalized spacial score (nSPS) is 10.0. The number of carbonyl (C=O) groups excluding carboxylic acids is 2. The van der Waals surface area contributed by atoms with Gasteiger partial charge in [-0.15, -0.1) is 0 Å². The van der Waals surface area contributed by atoms with Crippen LogP contribution < -0.4 is 5.32 Å². The maximum atomic E-state index is 12.7. The first-order valence-corrected chi connectivity index (χ1v) is 8.78. The molecule has 0 aliphatic rings. The van der Waals surface area contributed by atoms with E-state index in [0.29, 0.717) is 28.9 Å². The van der Waals surface area contributed by atoms with Crippen LogP contribution in [-0.2, 0) is 6.54 Å². The van der Waals surface area contributed by atoms with E-state index in [0.717, 1.165) is 5.56 Å². The molecule has 0 spiro atoms. The second kappa shape index (κ2) is 8.65. The molecule has 0 unspecified atom stereocenters. The van der Waals surface area contributed by atoms with E-state index in [9.17, 15) is 9.59 Å². The Morgan fingerprint density at radius 1 is 0.929 bits per heavy atom. The van der Waals surface area contributed by atoms with Crippen LogP contribution in [0, 0.1) is 11.3 Å². The van der Waals surface area contributed by atoms with E-state index in [-0.39, 0.29) is 11.8 Å². The summed E-state index contributed by atoms with van der Waals surface area (Å²) >= 11 is 0. The minimum Gasteiger partial charge on any atom is -0.337 e. The van der Waals surface area contributed by atoms with Crippen LogP contribution in [0.3, 0.4) is 0 Å². The van der Waals surface area contributed by atoms with Crippen molar-refractivity contribution in [3.05, 3.63) is 101 Å². The summed E-state index contributed by atoms with van der Waals surface area (Å²) in [6.45, 7) is 0.487. The molecule has 0 heterocycles. The van der Waals surface area contributed by atoms with E-state index < -0.39 is 0 Å². The lowest BCUT2D eigenvalue weighted by Crippen LogP contribution is -2.26. The van der Waals surface area contributed by atoms with Crippen LogP contribution in [0.4, 0.5) is 5.69 Å². The molecule has 3 aromatic rings. The van der Waals surface area contributed by atoms with Gasteiger partial charge in [0, 0.05) is 30.4 Å². The summed E-state index contributed by atoms with van der Waals surface area (Å²) in [4.78, 5) is 26.8. The third kappa shape index (κ3) is 4.63. The minimum absolute atomic E-state index is 0.156. The fourth-order valence-corrected chi connectivity index (χ4v) is 2.77. The Bertz CT molecular complexity index is 1020. The predicted molar refractivity (Wildman–Crippen MR) is 108 cm³/mol. The number of anilines is 1. The molecule has 3 rings (SSSR count). The number of nitrogens with one attached hydrogen (secondary N) is 1. The van der Waals surface area contributed by atoms with Crippen LogP contribution in [0.2, 0.25) is 0 Å². The molecule has 0 aliphatic carbocycles. The van der Waals surface area contributed by atoms with Gasteiger partial charge in [-0.2, -0.15) is 5.26 Å². The first-order valence-electron chi connectivity index (χ1n) is 8.78. The number of hydrogen-bond acceptors (Lipinski definition) is 3. The SMILES string of the molecule is CN(Cc1ccccc1)C(=O)c1cccc(C(=O)Nc2ccc(C#N)cc2)c1. The summed E-state index contributed by atoms with van der Waals surface area (Å²) in [6, 6.07) is 25.0. The third-order valence-electron chi connectivity index (χ3n) is 4.25. The van der Waals surface area contributed by atoms with Crippen molar-refractivity contribution in [2.45, 2.75) is 6.54 Å². The second-order valence-corrected chi connectivity index (χ2v) is 6.37. The van der Waals surface area contributed by atoms with Gasteiger partial charge in [0.1, 0.15) is 0 Å². The summed E-state index contributed by atoms with van der Waals surface area (Å²) in [5.41, 5.74) is 2.98. The molecular formula is C23H19N3O2. The van der Waals surface area contributed by atoms with Crippen molar-refractivity contribution >= 4 is 17.5 Å². The average molecular weight is 369 g/mol. The molecular weight excluding hydrogens is 350 g/mol. The van der Waals surface area contributed by atoms with Gasteiger partial charge in [-0.3, -0.25) is 9.59 Å². The Kier molecular flexibility index (Phi) is 5.83. The summed E-state index contributed by atoms with van der Waals surface area (Å²) in [7, 11) is 1.73. The zero-order valence-corrected chi connectivity index (χ0v) is 15.4. The van der Waals surface area contributed by atoms with E-state index in [1.54, 1.807) is 60.5 Å². The lowest BCUT2D eigenvalue weighted by molar-refractivity contribution is 0.0785. The summed E-state index contributed by atoms with van der Waals surface area (Å²) < 4.78 is 0. The van der Waals surface area contributed by atoms with E-state index in [1.807, 2.05) is 36.4 Å². The number of hydrogen-bond donors (Lipinski definition) is 1. The second-order valence-electron chi connectivity index (χ2n) is 6.37. The van der Waals surface area contributed by atoms with Crippen LogP contribution in [-0.4, -0.2) is 23.8 Å². The molecule has 0 saturated heterocycles. The van der Waals surface area contributed by atoms with Crippen molar-refractivity contribution in [3.63, 3.8) is 0 Å². The number of nitriles is 1. The Labute approximate surface area is 163 Å². The highest BCUT2D eigenvalue weighted by Gasteiger charge is 2.14. The first kappa shape index (κ1) is 18.9. The number of rotatable bonds is 5. The van der Waals surface area contributed by atoms with Crippen LogP contribution in [0.5, 0.6) is 0 Å². The van der Waals surface area contributed by atoms with Crippen molar-refractivity contribution in [3.8, 4) is 6.07 Å². The van der Waals surface area contributed by atoms with Gasteiger partial charge in [0.2, 0.25) is 0 Å². The summed E-state index contributed by atoms with van der Waals surface area (Å²) in [5, 5.41) is 11.6. The van der Waals surface area contributed by atoms with E-state index in [2.05, 4.69) is 5.32 Å². The van der Waals surface area contributed by atoms with Gasteiger partial charge in [0.15, 0.2) is 0 Å². The van der Waals surface area contributed by atoms with Crippen molar-refractivity contribution in [2.24, 2.45) is 0 Å². The maximum absolute atomic E-state index is 12.7. The summed E-state index contributed by atoms with van der Waals surface area (Å²) in [6.07, 6.45) is 0. The molecule has 138 valence electrons. The van der Waals surface area contributed by atoms with Gasteiger partial charge in [-0.05, 0) is 48.0 Å². The van der Waals surface area contributed by atoms with Crippen molar-refractivity contribution in [1.29, 1.82) is 5.26 Å².